The van der Waals surface area contributed by atoms with Crippen molar-refractivity contribution in [1.82, 2.24) is 9.97 Å². The average molecular weight is 615 g/mol. The maximum atomic E-state index is 6.75. The molecule has 0 fully saturated rings. The Labute approximate surface area is 279 Å². The molecule has 0 aliphatic carbocycles. The maximum absolute atomic E-state index is 6.75. The first-order valence-electron chi connectivity index (χ1n) is 16.2. The minimum Gasteiger partial charge on any atom is -0.457 e. The van der Waals surface area contributed by atoms with Crippen LogP contribution in [0.4, 0.5) is 0 Å². The van der Waals surface area contributed by atoms with E-state index in [-0.39, 0.29) is 0 Å². The van der Waals surface area contributed by atoms with Crippen molar-refractivity contribution < 1.29 is 4.74 Å². The maximum Gasteiger partial charge on any atom is 0.160 e. The Kier molecular flexibility index (Phi) is 6.69. The first-order chi connectivity index (χ1) is 23.8. The number of aromatic nitrogens is 2. The summed E-state index contributed by atoms with van der Waals surface area (Å²) in [4.78, 5) is 10.0. The molecule has 0 bridgehead atoms. The Morgan fingerprint density at radius 1 is 0.396 bits per heavy atom. The number of nitrogens with zero attached hydrogens (tertiary/aromatic N) is 2. The van der Waals surface area contributed by atoms with Crippen LogP contribution < -0.4 is 4.74 Å². The predicted molar refractivity (Wildman–Crippen MR) is 194 cm³/mol. The SMILES string of the molecule is c1ccc(-c2nc(-c3cccc(-c4ccc5c(c4)Oc4ccccc4C5(c4ccccc4)c4ccccc4)c3)c3ccccc3n2)cc1. The highest BCUT2D eigenvalue weighted by Gasteiger charge is 2.45. The highest BCUT2D eigenvalue weighted by atomic mass is 16.5. The minimum absolute atomic E-state index is 0.541. The van der Waals surface area contributed by atoms with Crippen molar-refractivity contribution in [2.75, 3.05) is 0 Å². The first kappa shape index (κ1) is 27.9. The fraction of sp³-hybridized carbons (Fsp3) is 0.0222. The second-order valence-corrected chi connectivity index (χ2v) is 12.2. The van der Waals surface area contributed by atoms with Crippen molar-refractivity contribution in [2.24, 2.45) is 0 Å². The summed E-state index contributed by atoms with van der Waals surface area (Å²) in [6.07, 6.45) is 0. The van der Waals surface area contributed by atoms with Crippen molar-refractivity contribution >= 4 is 10.9 Å². The van der Waals surface area contributed by atoms with Crippen molar-refractivity contribution in [3.63, 3.8) is 0 Å². The fourth-order valence-corrected chi connectivity index (χ4v) is 7.25. The number of fused-ring (bicyclic) bond motifs is 3. The number of hydrogen-bond acceptors (Lipinski definition) is 3. The van der Waals surface area contributed by atoms with Gasteiger partial charge in [-0.1, -0.05) is 158 Å². The zero-order valence-electron chi connectivity index (χ0n) is 26.1. The summed E-state index contributed by atoms with van der Waals surface area (Å²) in [6, 6.07) is 63.7. The molecule has 0 radical (unpaired) electrons. The van der Waals surface area contributed by atoms with Gasteiger partial charge in [0.05, 0.1) is 16.6 Å². The molecule has 7 aromatic carbocycles. The van der Waals surface area contributed by atoms with E-state index in [4.69, 9.17) is 14.7 Å². The molecule has 1 aliphatic heterocycles. The van der Waals surface area contributed by atoms with Crippen molar-refractivity contribution in [1.29, 1.82) is 0 Å². The number of para-hydroxylation sites is 2. The van der Waals surface area contributed by atoms with Crippen LogP contribution in [0.1, 0.15) is 22.3 Å². The van der Waals surface area contributed by atoms with Crippen LogP contribution in [-0.4, -0.2) is 9.97 Å². The average Bonchev–Trinajstić information content (AvgIpc) is 3.17. The van der Waals surface area contributed by atoms with Gasteiger partial charge in [0.1, 0.15) is 11.5 Å². The second kappa shape index (κ2) is 11.5. The highest BCUT2D eigenvalue weighted by molar-refractivity contribution is 5.94. The topological polar surface area (TPSA) is 35.0 Å². The van der Waals surface area contributed by atoms with Gasteiger partial charge in [0.2, 0.25) is 0 Å². The lowest BCUT2D eigenvalue weighted by Crippen LogP contribution is -2.34. The summed E-state index contributed by atoms with van der Waals surface area (Å²) in [5, 5.41) is 1.02. The van der Waals surface area contributed by atoms with Crippen LogP contribution in [0.25, 0.3) is 44.7 Å². The number of benzene rings is 7. The van der Waals surface area contributed by atoms with Gasteiger partial charge < -0.3 is 4.74 Å². The molecular weight excluding hydrogens is 585 g/mol. The van der Waals surface area contributed by atoms with Gasteiger partial charge in [0.15, 0.2) is 5.82 Å². The lowest BCUT2D eigenvalue weighted by Gasteiger charge is -2.41. The van der Waals surface area contributed by atoms with E-state index in [0.29, 0.717) is 5.82 Å². The van der Waals surface area contributed by atoms with E-state index >= 15 is 0 Å². The van der Waals surface area contributed by atoms with E-state index in [1.54, 1.807) is 0 Å². The molecule has 0 spiro atoms. The Morgan fingerprint density at radius 3 is 1.75 bits per heavy atom. The Bertz CT molecular complexity index is 2380. The van der Waals surface area contributed by atoms with E-state index < -0.39 is 5.41 Å². The van der Waals surface area contributed by atoms with E-state index in [0.717, 1.165) is 61.5 Å². The molecule has 8 aromatic rings. The third-order valence-corrected chi connectivity index (χ3v) is 9.41. The first-order valence-corrected chi connectivity index (χ1v) is 16.2. The van der Waals surface area contributed by atoms with Gasteiger partial charge >= 0.3 is 0 Å². The van der Waals surface area contributed by atoms with Gasteiger partial charge in [0, 0.05) is 27.6 Å². The molecule has 1 aromatic heterocycles. The smallest absolute Gasteiger partial charge is 0.160 e. The Morgan fingerprint density at radius 2 is 0.979 bits per heavy atom. The molecule has 226 valence electrons. The third kappa shape index (κ3) is 4.51. The molecule has 48 heavy (non-hydrogen) atoms. The minimum atomic E-state index is -0.541. The molecule has 0 atom stereocenters. The van der Waals surface area contributed by atoms with Gasteiger partial charge in [0.25, 0.3) is 0 Å². The lowest BCUT2D eigenvalue weighted by molar-refractivity contribution is 0.435. The molecule has 2 heterocycles. The van der Waals surface area contributed by atoms with E-state index in [9.17, 15) is 0 Å². The lowest BCUT2D eigenvalue weighted by atomic mass is 9.63. The predicted octanol–water partition coefficient (Wildman–Crippen LogP) is 11.1. The summed E-state index contributed by atoms with van der Waals surface area (Å²) >= 11 is 0. The monoisotopic (exact) mass is 614 g/mol. The summed E-state index contributed by atoms with van der Waals surface area (Å²) in [5.74, 6) is 2.43. The van der Waals surface area contributed by atoms with Crippen LogP contribution in [0.3, 0.4) is 0 Å². The number of hydrogen-bond donors (Lipinski definition) is 0. The van der Waals surface area contributed by atoms with Crippen LogP contribution >= 0.6 is 0 Å². The van der Waals surface area contributed by atoms with Crippen LogP contribution in [0.15, 0.2) is 182 Å². The molecule has 0 saturated heterocycles. The molecule has 0 amide bonds. The van der Waals surface area contributed by atoms with Gasteiger partial charge in [-0.3, -0.25) is 0 Å². The Balaban J connectivity index is 1.22. The van der Waals surface area contributed by atoms with Crippen LogP contribution in [0, 0.1) is 0 Å². The van der Waals surface area contributed by atoms with Crippen LogP contribution in [0.2, 0.25) is 0 Å². The highest BCUT2D eigenvalue weighted by Crippen LogP contribution is 2.55. The van der Waals surface area contributed by atoms with Gasteiger partial charge in [-0.2, -0.15) is 0 Å². The molecule has 0 unspecified atom stereocenters. The quantitative estimate of drug-likeness (QED) is 0.193. The van der Waals surface area contributed by atoms with E-state index in [2.05, 4.69) is 146 Å². The molecule has 3 heteroatoms. The number of rotatable bonds is 5. The Hall–Kier alpha value is -6.32. The van der Waals surface area contributed by atoms with E-state index in [1.165, 1.54) is 11.1 Å². The summed E-state index contributed by atoms with van der Waals surface area (Å²) in [6.45, 7) is 0. The third-order valence-electron chi connectivity index (χ3n) is 9.41. The number of ether oxygens (including phenoxy) is 1. The zero-order chi connectivity index (χ0) is 31.9. The van der Waals surface area contributed by atoms with Gasteiger partial charge in [-0.25, -0.2) is 9.97 Å². The standard InChI is InChI=1S/C45H30N2O/c1-4-15-31(16-5-1)44-46-40-25-12-10-23-37(40)43(47-44)34-18-14-17-32(29-34)33-27-28-39-42(30-33)48-41-26-13-11-24-38(41)45(39,35-19-6-2-7-20-35)36-21-8-3-9-22-36/h1-30H. The van der Waals surface area contributed by atoms with Gasteiger partial charge in [-0.15, -0.1) is 0 Å². The van der Waals surface area contributed by atoms with Crippen LogP contribution in [0.5, 0.6) is 11.5 Å². The molecule has 9 rings (SSSR count). The van der Waals surface area contributed by atoms with Crippen molar-refractivity contribution in [3.8, 4) is 45.3 Å². The second-order valence-electron chi connectivity index (χ2n) is 12.2. The zero-order valence-corrected chi connectivity index (χ0v) is 26.1. The van der Waals surface area contributed by atoms with Crippen molar-refractivity contribution in [3.05, 3.63) is 204 Å². The van der Waals surface area contributed by atoms with Crippen molar-refractivity contribution in [2.45, 2.75) is 5.41 Å². The van der Waals surface area contributed by atoms with E-state index in [1.807, 2.05) is 36.4 Å². The fourth-order valence-electron chi connectivity index (χ4n) is 7.25. The normalized spacial score (nSPS) is 12.9. The molecule has 1 aliphatic rings. The largest absolute Gasteiger partial charge is 0.457 e. The van der Waals surface area contributed by atoms with Crippen LogP contribution in [-0.2, 0) is 5.41 Å². The van der Waals surface area contributed by atoms with Gasteiger partial charge in [-0.05, 0) is 46.5 Å². The molecule has 3 nitrogen and oxygen atoms in total. The summed E-state index contributed by atoms with van der Waals surface area (Å²) < 4.78 is 6.75. The molecule has 0 saturated carbocycles. The summed E-state index contributed by atoms with van der Waals surface area (Å²) in [5.41, 5.74) is 10.1. The summed E-state index contributed by atoms with van der Waals surface area (Å²) in [7, 11) is 0. The molecule has 0 N–H and O–H groups in total. The molecular formula is C45H30N2O.